The summed E-state index contributed by atoms with van der Waals surface area (Å²) in [7, 11) is 0. The molecule has 5 nitrogen and oxygen atoms in total. The molecule has 0 aliphatic carbocycles. The maximum atomic E-state index is 12.2. The first kappa shape index (κ1) is 12.5. The summed E-state index contributed by atoms with van der Waals surface area (Å²) in [6.45, 7) is 3.67. The number of ketones is 1. The van der Waals surface area contributed by atoms with E-state index in [0.717, 1.165) is 19.4 Å². The van der Waals surface area contributed by atoms with Crippen LogP contribution in [0.3, 0.4) is 0 Å². The number of ether oxygens (including phenoxy) is 2. The van der Waals surface area contributed by atoms with Gasteiger partial charge in [-0.3, -0.25) is 9.59 Å². The zero-order chi connectivity index (χ0) is 12.3. The molecule has 2 aliphatic heterocycles. The third-order valence-electron chi connectivity index (χ3n) is 3.27. The highest BCUT2D eigenvalue weighted by Gasteiger charge is 2.35. The molecule has 0 aromatic carbocycles. The summed E-state index contributed by atoms with van der Waals surface area (Å²) in [5, 5.41) is 0. The molecule has 0 aromatic heterocycles. The van der Waals surface area contributed by atoms with Gasteiger partial charge in [0.15, 0.2) is 6.10 Å². The summed E-state index contributed by atoms with van der Waals surface area (Å²) in [5.74, 6) is 0.115. The van der Waals surface area contributed by atoms with Crippen molar-refractivity contribution in [3.8, 4) is 0 Å². The average Bonchev–Trinajstić information content (AvgIpc) is 2.76. The lowest BCUT2D eigenvalue weighted by Gasteiger charge is -2.30. The molecule has 96 valence electrons. The monoisotopic (exact) mass is 241 g/mol. The van der Waals surface area contributed by atoms with Crippen molar-refractivity contribution in [2.75, 3.05) is 26.4 Å². The maximum absolute atomic E-state index is 12.2. The Morgan fingerprint density at radius 3 is 2.82 bits per heavy atom. The van der Waals surface area contributed by atoms with E-state index in [-0.39, 0.29) is 17.7 Å². The fraction of sp³-hybridized carbons (Fsp3) is 0.833. The first-order valence-electron chi connectivity index (χ1n) is 6.17. The van der Waals surface area contributed by atoms with Crippen molar-refractivity contribution in [2.45, 2.75) is 38.3 Å². The molecular formula is C12H19NO4. The molecule has 1 amide bonds. The molecule has 2 unspecified atom stereocenters. The second kappa shape index (κ2) is 5.60. The number of amides is 1. The van der Waals surface area contributed by atoms with Crippen molar-refractivity contribution < 1.29 is 19.1 Å². The molecule has 2 atom stereocenters. The summed E-state index contributed by atoms with van der Waals surface area (Å²) in [4.78, 5) is 25.1. The SMILES string of the molecule is CC(=O)CC1CCCN1C(=O)C1COCCO1. The van der Waals surface area contributed by atoms with Gasteiger partial charge in [-0.05, 0) is 19.8 Å². The van der Waals surface area contributed by atoms with Gasteiger partial charge in [-0.2, -0.15) is 0 Å². The Kier molecular flexibility index (Phi) is 4.12. The third-order valence-corrected chi connectivity index (χ3v) is 3.27. The zero-order valence-electron chi connectivity index (χ0n) is 10.2. The molecule has 2 fully saturated rings. The second-order valence-corrected chi connectivity index (χ2v) is 4.67. The van der Waals surface area contributed by atoms with E-state index in [2.05, 4.69) is 0 Å². The van der Waals surface area contributed by atoms with Crippen molar-refractivity contribution in [1.82, 2.24) is 4.90 Å². The minimum Gasteiger partial charge on any atom is -0.376 e. The highest BCUT2D eigenvalue weighted by atomic mass is 16.6. The van der Waals surface area contributed by atoms with Crippen LogP contribution < -0.4 is 0 Å². The van der Waals surface area contributed by atoms with E-state index in [1.54, 1.807) is 11.8 Å². The van der Waals surface area contributed by atoms with Crippen molar-refractivity contribution in [3.05, 3.63) is 0 Å². The highest BCUT2D eigenvalue weighted by molar-refractivity contribution is 5.83. The lowest BCUT2D eigenvalue weighted by atomic mass is 10.1. The molecule has 0 radical (unpaired) electrons. The van der Waals surface area contributed by atoms with Crippen LogP contribution in [0.1, 0.15) is 26.2 Å². The van der Waals surface area contributed by atoms with Gasteiger partial charge in [0.2, 0.25) is 0 Å². The summed E-state index contributed by atoms with van der Waals surface area (Å²) >= 11 is 0. The quantitative estimate of drug-likeness (QED) is 0.716. The van der Waals surface area contributed by atoms with E-state index in [0.29, 0.717) is 26.2 Å². The molecule has 2 saturated heterocycles. The lowest BCUT2D eigenvalue weighted by Crippen LogP contribution is -2.47. The normalized spacial score (nSPS) is 29.4. The van der Waals surface area contributed by atoms with Gasteiger partial charge in [0, 0.05) is 19.0 Å². The molecular weight excluding hydrogens is 222 g/mol. The van der Waals surface area contributed by atoms with Crippen molar-refractivity contribution in [1.29, 1.82) is 0 Å². The number of Topliss-reactive ketones (excluding diaryl/α,β-unsaturated/α-hetero) is 1. The predicted octanol–water partition coefficient (Wildman–Crippen LogP) is 0.372. The zero-order valence-corrected chi connectivity index (χ0v) is 10.2. The lowest BCUT2D eigenvalue weighted by molar-refractivity contribution is -0.158. The molecule has 2 heterocycles. The van der Waals surface area contributed by atoms with E-state index < -0.39 is 6.10 Å². The summed E-state index contributed by atoms with van der Waals surface area (Å²) in [5.41, 5.74) is 0. The van der Waals surface area contributed by atoms with Gasteiger partial charge < -0.3 is 14.4 Å². The highest BCUT2D eigenvalue weighted by Crippen LogP contribution is 2.22. The molecule has 0 N–H and O–H groups in total. The average molecular weight is 241 g/mol. The molecule has 2 aliphatic rings. The Morgan fingerprint density at radius 1 is 1.35 bits per heavy atom. The van der Waals surface area contributed by atoms with Crippen LogP contribution in [0.4, 0.5) is 0 Å². The minimum absolute atomic E-state index is 0.0200. The van der Waals surface area contributed by atoms with Crippen LogP contribution in [0, 0.1) is 0 Å². The van der Waals surface area contributed by atoms with Crippen LogP contribution in [-0.2, 0) is 19.1 Å². The third kappa shape index (κ3) is 3.04. The number of likely N-dealkylation sites (tertiary alicyclic amines) is 1. The first-order chi connectivity index (χ1) is 8.18. The minimum atomic E-state index is -0.476. The van der Waals surface area contributed by atoms with Gasteiger partial charge in [-0.25, -0.2) is 0 Å². The van der Waals surface area contributed by atoms with E-state index in [1.807, 2.05) is 0 Å². The number of nitrogens with zero attached hydrogens (tertiary/aromatic N) is 1. The molecule has 0 spiro atoms. The van der Waals surface area contributed by atoms with Crippen molar-refractivity contribution in [2.24, 2.45) is 0 Å². The second-order valence-electron chi connectivity index (χ2n) is 4.67. The fourth-order valence-corrected chi connectivity index (χ4v) is 2.49. The van der Waals surface area contributed by atoms with E-state index in [9.17, 15) is 9.59 Å². The molecule has 5 heteroatoms. The van der Waals surface area contributed by atoms with Gasteiger partial charge in [0.1, 0.15) is 5.78 Å². The number of rotatable bonds is 3. The van der Waals surface area contributed by atoms with Crippen LogP contribution in [0.5, 0.6) is 0 Å². The molecule has 2 rings (SSSR count). The number of hydrogen-bond acceptors (Lipinski definition) is 4. The van der Waals surface area contributed by atoms with Crippen LogP contribution >= 0.6 is 0 Å². The summed E-state index contributed by atoms with van der Waals surface area (Å²) < 4.78 is 10.6. The summed E-state index contributed by atoms with van der Waals surface area (Å²) in [6, 6.07) is 0.0607. The van der Waals surface area contributed by atoms with Gasteiger partial charge in [-0.1, -0.05) is 0 Å². The Hall–Kier alpha value is -0.940. The first-order valence-corrected chi connectivity index (χ1v) is 6.17. The molecule has 0 saturated carbocycles. The molecule has 17 heavy (non-hydrogen) atoms. The smallest absolute Gasteiger partial charge is 0.254 e. The standard InChI is InChI=1S/C12H19NO4/c1-9(14)7-10-3-2-4-13(10)12(15)11-8-16-5-6-17-11/h10-11H,2-8H2,1H3. The van der Waals surface area contributed by atoms with E-state index >= 15 is 0 Å². The molecule has 0 aromatic rings. The van der Waals surface area contributed by atoms with Crippen LogP contribution in [0.2, 0.25) is 0 Å². The number of carbonyl (C=O) groups is 2. The Morgan fingerprint density at radius 2 is 2.18 bits per heavy atom. The number of carbonyl (C=O) groups excluding carboxylic acids is 2. The van der Waals surface area contributed by atoms with Gasteiger partial charge in [0.25, 0.3) is 5.91 Å². The van der Waals surface area contributed by atoms with Crippen LogP contribution in [0.15, 0.2) is 0 Å². The fourth-order valence-electron chi connectivity index (χ4n) is 2.49. The van der Waals surface area contributed by atoms with Crippen LogP contribution in [0.25, 0.3) is 0 Å². The topological polar surface area (TPSA) is 55.8 Å². The van der Waals surface area contributed by atoms with Crippen LogP contribution in [-0.4, -0.2) is 55.1 Å². The van der Waals surface area contributed by atoms with Gasteiger partial charge in [0.05, 0.1) is 19.8 Å². The summed E-state index contributed by atoms with van der Waals surface area (Å²) in [6.07, 6.45) is 1.87. The van der Waals surface area contributed by atoms with E-state index in [4.69, 9.17) is 9.47 Å². The maximum Gasteiger partial charge on any atom is 0.254 e. The molecule has 0 bridgehead atoms. The van der Waals surface area contributed by atoms with Crippen molar-refractivity contribution in [3.63, 3.8) is 0 Å². The van der Waals surface area contributed by atoms with Gasteiger partial charge in [-0.15, -0.1) is 0 Å². The Balaban J connectivity index is 1.94. The Labute approximate surface area is 101 Å². The Bertz CT molecular complexity index is 299. The largest absolute Gasteiger partial charge is 0.376 e. The number of hydrogen-bond donors (Lipinski definition) is 0. The van der Waals surface area contributed by atoms with Gasteiger partial charge >= 0.3 is 0 Å². The van der Waals surface area contributed by atoms with E-state index in [1.165, 1.54) is 0 Å². The van der Waals surface area contributed by atoms with Crippen molar-refractivity contribution >= 4 is 11.7 Å². The predicted molar refractivity (Wildman–Crippen MR) is 60.6 cm³/mol.